The summed E-state index contributed by atoms with van der Waals surface area (Å²) < 4.78 is 10.7. The Labute approximate surface area is 169 Å². The van der Waals surface area contributed by atoms with Crippen molar-refractivity contribution >= 4 is 28.2 Å². The third-order valence-corrected chi connectivity index (χ3v) is 5.77. The smallest absolute Gasteiger partial charge is 0.139 e. The van der Waals surface area contributed by atoms with Gasteiger partial charge in [-0.25, -0.2) is 4.98 Å². The molecule has 1 aliphatic heterocycles. The molecule has 0 spiro atoms. The van der Waals surface area contributed by atoms with Crippen LogP contribution in [0.1, 0.15) is 18.4 Å². The first kappa shape index (κ1) is 18.8. The number of rotatable bonds is 4. The molecule has 0 aliphatic carbocycles. The van der Waals surface area contributed by atoms with Gasteiger partial charge >= 0.3 is 0 Å². The Kier molecular flexibility index (Phi) is 5.04. The Balaban J connectivity index is 1.58. The number of fused-ring (bicyclic) bond motifs is 1. The molecule has 2 aromatic carbocycles. The van der Waals surface area contributed by atoms with Crippen molar-refractivity contribution < 1.29 is 14.6 Å². The van der Waals surface area contributed by atoms with Crippen molar-refractivity contribution in [3.8, 4) is 11.5 Å². The molecular formula is C22H23ClN2O3. The van der Waals surface area contributed by atoms with E-state index < -0.39 is 5.60 Å². The van der Waals surface area contributed by atoms with Crippen LogP contribution >= 0.6 is 11.6 Å². The van der Waals surface area contributed by atoms with Gasteiger partial charge in [-0.15, -0.1) is 0 Å². The van der Waals surface area contributed by atoms with Gasteiger partial charge in [0.25, 0.3) is 0 Å². The molecular weight excluding hydrogens is 376 g/mol. The Morgan fingerprint density at radius 2 is 1.64 bits per heavy atom. The van der Waals surface area contributed by atoms with Crippen molar-refractivity contribution in [2.24, 2.45) is 0 Å². The summed E-state index contributed by atoms with van der Waals surface area (Å²) in [5.41, 5.74) is -0.119. The van der Waals surface area contributed by atoms with Crippen molar-refractivity contribution in [3.63, 3.8) is 0 Å². The predicted molar refractivity (Wildman–Crippen MR) is 112 cm³/mol. The first-order valence-electron chi connectivity index (χ1n) is 9.28. The Bertz CT molecular complexity index is 978. The molecule has 0 amide bonds. The topological polar surface area (TPSA) is 54.8 Å². The van der Waals surface area contributed by atoms with Crippen molar-refractivity contribution in [1.29, 1.82) is 0 Å². The van der Waals surface area contributed by atoms with Gasteiger partial charge in [-0.3, -0.25) is 0 Å². The Morgan fingerprint density at radius 3 is 2.29 bits per heavy atom. The lowest BCUT2D eigenvalue weighted by atomic mass is 9.84. The van der Waals surface area contributed by atoms with Gasteiger partial charge in [0, 0.05) is 24.5 Å². The van der Waals surface area contributed by atoms with Crippen molar-refractivity contribution in [1.82, 2.24) is 4.98 Å². The highest BCUT2D eigenvalue weighted by atomic mass is 35.5. The van der Waals surface area contributed by atoms with Crippen LogP contribution in [0, 0.1) is 0 Å². The minimum Gasteiger partial charge on any atom is -0.497 e. The molecule has 146 valence electrons. The normalized spacial score (nSPS) is 16.2. The summed E-state index contributed by atoms with van der Waals surface area (Å²) >= 11 is 6.39. The molecule has 4 rings (SSSR count). The summed E-state index contributed by atoms with van der Waals surface area (Å²) in [7, 11) is 3.22. The maximum absolute atomic E-state index is 11.3. The molecule has 1 aromatic heterocycles. The van der Waals surface area contributed by atoms with E-state index in [1.54, 1.807) is 14.2 Å². The number of methoxy groups -OCH3 is 2. The van der Waals surface area contributed by atoms with E-state index in [0.29, 0.717) is 42.6 Å². The number of nitrogens with zero attached hydrogens (tertiary/aromatic N) is 2. The lowest BCUT2D eigenvalue weighted by Gasteiger charge is -2.39. The van der Waals surface area contributed by atoms with Gasteiger partial charge in [0.2, 0.25) is 0 Å². The van der Waals surface area contributed by atoms with E-state index in [1.807, 2.05) is 42.5 Å². The highest BCUT2D eigenvalue weighted by Gasteiger charge is 2.35. The Morgan fingerprint density at radius 1 is 1.00 bits per heavy atom. The summed E-state index contributed by atoms with van der Waals surface area (Å²) in [6, 6.07) is 15.6. The zero-order chi connectivity index (χ0) is 19.7. The van der Waals surface area contributed by atoms with Gasteiger partial charge in [0.1, 0.15) is 22.5 Å². The second kappa shape index (κ2) is 7.49. The van der Waals surface area contributed by atoms with Crippen LogP contribution in [0.3, 0.4) is 0 Å². The second-order valence-corrected chi connectivity index (χ2v) is 7.47. The summed E-state index contributed by atoms with van der Waals surface area (Å²) in [5.74, 6) is 2.19. The zero-order valence-corrected chi connectivity index (χ0v) is 16.7. The number of halogens is 1. The number of anilines is 1. The first-order valence-corrected chi connectivity index (χ1v) is 9.66. The Hall–Kier alpha value is -2.50. The number of piperidine rings is 1. The number of ether oxygens (including phenoxy) is 2. The molecule has 1 aliphatic rings. The lowest BCUT2D eigenvalue weighted by molar-refractivity contribution is 0.0113. The number of hydrogen-bond acceptors (Lipinski definition) is 5. The molecule has 0 bridgehead atoms. The van der Waals surface area contributed by atoms with Gasteiger partial charge in [-0.1, -0.05) is 35.9 Å². The molecule has 1 N–H and O–H groups in total. The largest absolute Gasteiger partial charge is 0.497 e. The maximum Gasteiger partial charge on any atom is 0.139 e. The standard InChI is InChI=1S/C22H23ClN2O3/c1-27-17-12-16(13-18(14-17)28-2)22(26)7-9-25(10-8-22)20-11-15-5-3-4-6-19(15)21(23)24-20/h3-6,11-14,26H,7-10H2,1-2H3. The van der Waals surface area contributed by atoms with E-state index in [-0.39, 0.29) is 0 Å². The van der Waals surface area contributed by atoms with Crippen LogP contribution < -0.4 is 14.4 Å². The van der Waals surface area contributed by atoms with E-state index in [0.717, 1.165) is 22.2 Å². The molecule has 2 heterocycles. The van der Waals surface area contributed by atoms with Crippen molar-refractivity contribution in [2.45, 2.75) is 18.4 Å². The summed E-state index contributed by atoms with van der Waals surface area (Å²) in [6.07, 6.45) is 1.16. The van der Waals surface area contributed by atoms with E-state index in [4.69, 9.17) is 21.1 Å². The molecule has 0 saturated carbocycles. The van der Waals surface area contributed by atoms with Gasteiger partial charge < -0.3 is 19.5 Å². The van der Waals surface area contributed by atoms with E-state index in [9.17, 15) is 5.11 Å². The quantitative estimate of drug-likeness (QED) is 0.660. The van der Waals surface area contributed by atoms with Crippen LogP contribution in [0.4, 0.5) is 5.82 Å². The van der Waals surface area contributed by atoms with E-state index in [1.165, 1.54) is 0 Å². The monoisotopic (exact) mass is 398 g/mol. The third-order valence-electron chi connectivity index (χ3n) is 5.48. The average Bonchev–Trinajstić information content (AvgIpc) is 2.73. The summed E-state index contributed by atoms with van der Waals surface area (Å²) in [6.45, 7) is 1.36. The predicted octanol–water partition coefficient (Wildman–Crippen LogP) is 4.39. The molecule has 6 heteroatoms. The molecule has 1 fully saturated rings. The molecule has 0 atom stereocenters. The average molecular weight is 399 g/mol. The molecule has 5 nitrogen and oxygen atoms in total. The van der Waals surface area contributed by atoms with Gasteiger partial charge in [0.05, 0.1) is 19.8 Å². The molecule has 0 unspecified atom stereocenters. The number of aromatic nitrogens is 1. The number of benzene rings is 2. The fourth-order valence-electron chi connectivity index (χ4n) is 3.78. The number of pyridine rings is 1. The molecule has 3 aromatic rings. The minimum atomic E-state index is -0.932. The van der Waals surface area contributed by atoms with Gasteiger partial charge in [-0.05, 0) is 42.0 Å². The van der Waals surface area contributed by atoms with E-state index >= 15 is 0 Å². The maximum atomic E-state index is 11.3. The van der Waals surface area contributed by atoms with Crippen LogP contribution in [0.25, 0.3) is 10.8 Å². The fourth-order valence-corrected chi connectivity index (χ4v) is 4.03. The number of aliphatic hydroxyl groups is 1. The van der Waals surface area contributed by atoms with Gasteiger partial charge in [-0.2, -0.15) is 0 Å². The van der Waals surface area contributed by atoms with Crippen molar-refractivity contribution in [2.75, 3.05) is 32.2 Å². The lowest BCUT2D eigenvalue weighted by Crippen LogP contribution is -2.43. The fraction of sp³-hybridized carbons (Fsp3) is 0.318. The highest BCUT2D eigenvalue weighted by molar-refractivity contribution is 6.34. The second-order valence-electron chi connectivity index (χ2n) is 7.11. The highest BCUT2D eigenvalue weighted by Crippen LogP contribution is 2.38. The van der Waals surface area contributed by atoms with E-state index in [2.05, 4.69) is 16.0 Å². The van der Waals surface area contributed by atoms with Crippen LogP contribution in [-0.4, -0.2) is 37.4 Å². The summed E-state index contributed by atoms with van der Waals surface area (Å²) in [5, 5.41) is 13.8. The van der Waals surface area contributed by atoms with Gasteiger partial charge in [0.15, 0.2) is 0 Å². The SMILES string of the molecule is COc1cc(OC)cc(C2(O)CCN(c3cc4ccccc4c(Cl)n3)CC2)c1. The first-order chi connectivity index (χ1) is 13.5. The molecule has 28 heavy (non-hydrogen) atoms. The zero-order valence-electron chi connectivity index (χ0n) is 16.0. The minimum absolute atomic E-state index is 0.506. The molecule has 0 radical (unpaired) electrons. The number of hydrogen-bond donors (Lipinski definition) is 1. The van der Waals surface area contributed by atoms with Crippen LogP contribution in [0.15, 0.2) is 48.5 Å². The van der Waals surface area contributed by atoms with Crippen LogP contribution in [0.2, 0.25) is 5.15 Å². The molecule has 1 saturated heterocycles. The summed E-state index contributed by atoms with van der Waals surface area (Å²) in [4.78, 5) is 6.74. The van der Waals surface area contributed by atoms with Crippen LogP contribution in [-0.2, 0) is 5.60 Å². The van der Waals surface area contributed by atoms with Crippen molar-refractivity contribution in [3.05, 3.63) is 59.2 Å². The third kappa shape index (κ3) is 3.48. The van der Waals surface area contributed by atoms with Crippen LogP contribution in [0.5, 0.6) is 11.5 Å².